The fraction of sp³-hybridized carbons (Fsp3) is 0.259. The lowest BCUT2D eigenvalue weighted by atomic mass is 10.0. The van der Waals surface area contributed by atoms with E-state index in [1.165, 1.54) is 11.1 Å². The van der Waals surface area contributed by atoms with E-state index in [1.807, 2.05) is 55.6 Å². The number of aryl methyl sites for hydroxylation is 4. The molecule has 1 N–H and O–H groups in total. The van der Waals surface area contributed by atoms with Crippen LogP contribution in [-0.2, 0) is 30.6 Å². The van der Waals surface area contributed by atoms with Crippen LogP contribution in [0.1, 0.15) is 41.1 Å². The minimum atomic E-state index is -0.765. The fourth-order valence-corrected chi connectivity index (χ4v) is 3.90. The number of oxazole rings is 1. The summed E-state index contributed by atoms with van der Waals surface area (Å²) in [7, 11) is 0. The van der Waals surface area contributed by atoms with Gasteiger partial charge in [-0.3, -0.25) is 4.79 Å². The number of nitrogens with zero attached hydrogens (tertiary/aromatic N) is 2. The molecule has 0 aliphatic heterocycles. The zero-order valence-electron chi connectivity index (χ0n) is 18.3. The smallest absolute Gasteiger partial charge is 0.303 e. The minimum absolute atomic E-state index is 0.154. The molecular weight excluding hydrogens is 400 g/mol. The number of hydrogen-bond donors (Lipinski definition) is 1. The van der Waals surface area contributed by atoms with Gasteiger partial charge in [-0.2, -0.15) is 0 Å². The number of carboxylic acid groups (broad SMARTS) is 1. The second-order valence-electron chi connectivity index (χ2n) is 8.08. The van der Waals surface area contributed by atoms with E-state index in [0.717, 1.165) is 48.5 Å². The van der Waals surface area contributed by atoms with Gasteiger partial charge >= 0.3 is 5.97 Å². The van der Waals surface area contributed by atoms with Crippen molar-refractivity contribution in [3.8, 4) is 11.5 Å². The van der Waals surface area contributed by atoms with Crippen molar-refractivity contribution < 1.29 is 14.3 Å². The number of carbonyl (C=O) groups is 1. The summed E-state index contributed by atoms with van der Waals surface area (Å²) in [6.45, 7) is 2.73. The molecule has 0 unspecified atom stereocenters. The van der Waals surface area contributed by atoms with E-state index < -0.39 is 5.97 Å². The monoisotopic (exact) mass is 428 g/mol. The van der Waals surface area contributed by atoms with Crippen LogP contribution in [0.4, 0.5) is 0 Å². The van der Waals surface area contributed by atoms with Crippen LogP contribution in [0.15, 0.2) is 77.3 Å². The highest BCUT2D eigenvalue weighted by Crippen LogP contribution is 2.22. The maximum absolute atomic E-state index is 10.8. The first-order valence-corrected chi connectivity index (χ1v) is 11.0. The lowest BCUT2D eigenvalue weighted by molar-refractivity contribution is -0.136. The third-order valence-electron chi connectivity index (χ3n) is 5.69. The Morgan fingerprint density at radius 3 is 2.44 bits per heavy atom. The summed E-state index contributed by atoms with van der Waals surface area (Å²) < 4.78 is 7.98. The number of rotatable bonds is 10. The maximum atomic E-state index is 10.8. The molecule has 5 nitrogen and oxygen atoms in total. The van der Waals surface area contributed by atoms with Crippen LogP contribution in [-0.4, -0.2) is 20.6 Å². The van der Waals surface area contributed by atoms with E-state index in [2.05, 4.69) is 28.8 Å². The zero-order valence-corrected chi connectivity index (χ0v) is 18.3. The predicted molar refractivity (Wildman–Crippen MR) is 125 cm³/mol. The third-order valence-corrected chi connectivity index (χ3v) is 5.69. The number of aliphatic carboxylic acids is 1. The molecule has 32 heavy (non-hydrogen) atoms. The van der Waals surface area contributed by atoms with E-state index in [4.69, 9.17) is 14.5 Å². The van der Waals surface area contributed by atoms with E-state index in [9.17, 15) is 4.79 Å². The van der Waals surface area contributed by atoms with Gasteiger partial charge in [-0.1, -0.05) is 42.5 Å². The van der Waals surface area contributed by atoms with Crippen molar-refractivity contribution in [2.75, 3.05) is 0 Å². The quantitative estimate of drug-likeness (QED) is 0.352. The summed E-state index contributed by atoms with van der Waals surface area (Å²) in [6.07, 6.45) is 5.60. The Morgan fingerprint density at radius 2 is 1.69 bits per heavy atom. The normalized spacial score (nSPS) is 11.0. The summed E-state index contributed by atoms with van der Waals surface area (Å²) >= 11 is 0. The minimum Gasteiger partial charge on any atom is -0.481 e. The average Bonchev–Trinajstić information content (AvgIpc) is 3.40. The van der Waals surface area contributed by atoms with Gasteiger partial charge < -0.3 is 14.1 Å². The predicted octanol–water partition coefficient (Wildman–Crippen LogP) is 5.69. The lowest BCUT2D eigenvalue weighted by Gasteiger charge is -2.09. The molecule has 0 amide bonds. The van der Waals surface area contributed by atoms with Gasteiger partial charge in [-0.05, 0) is 68.0 Å². The fourth-order valence-electron chi connectivity index (χ4n) is 3.90. The van der Waals surface area contributed by atoms with E-state index in [-0.39, 0.29) is 6.42 Å². The first kappa shape index (κ1) is 21.6. The van der Waals surface area contributed by atoms with E-state index in [0.29, 0.717) is 12.3 Å². The molecule has 2 aromatic heterocycles. The Labute approximate surface area is 188 Å². The maximum Gasteiger partial charge on any atom is 0.303 e. The van der Waals surface area contributed by atoms with Crippen LogP contribution >= 0.6 is 0 Å². The highest BCUT2D eigenvalue weighted by molar-refractivity contribution is 5.67. The summed E-state index contributed by atoms with van der Waals surface area (Å²) in [5.41, 5.74) is 5.60. The largest absolute Gasteiger partial charge is 0.481 e. The van der Waals surface area contributed by atoms with Gasteiger partial charge in [-0.15, -0.1) is 0 Å². The van der Waals surface area contributed by atoms with Crippen molar-refractivity contribution in [3.05, 3.63) is 101 Å². The van der Waals surface area contributed by atoms with Crippen molar-refractivity contribution in [1.29, 1.82) is 0 Å². The first-order valence-electron chi connectivity index (χ1n) is 11.0. The van der Waals surface area contributed by atoms with Gasteiger partial charge in [0.25, 0.3) is 0 Å². The second-order valence-corrected chi connectivity index (χ2v) is 8.08. The highest BCUT2D eigenvalue weighted by atomic mass is 16.4. The van der Waals surface area contributed by atoms with Gasteiger partial charge in [0.15, 0.2) is 0 Å². The van der Waals surface area contributed by atoms with Crippen LogP contribution in [0.5, 0.6) is 0 Å². The molecule has 0 aliphatic rings. The van der Waals surface area contributed by atoms with Crippen molar-refractivity contribution >= 4 is 5.97 Å². The van der Waals surface area contributed by atoms with Gasteiger partial charge in [0.05, 0.1) is 12.1 Å². The molecule has 4 aromatic rings. The summed E-state index contributed by atoms with van der Waals surface area (Å²) in [6, 6.07) is 22.6. The van der Waals surface area contributed by atoms with Crippen LogP contribution in [0, 0.1) is 6.92 Å². The van der Waals surface area contributed by atoms with Gasteiger partial charge in [-0.25, -0.2) is 4.98 Å². The zero-order chi connectivity index (χ0) is 22.3. The molecule has 4 rings (SSSR count). The van der Waals surface area contributed by atoms with Gasteiger partial charge in [0.2, 0.25) is 5.89 Å². The summed E-state index contributed by atoms with van der Waals surface area (Å²) in [5, 5.41) is 8.92. The molecule has 5 heteroatoms. The molecule has 164 valence electrons. The summed E-state index contributed by atoms with van der Waals surface area (Å²) in [4.78, 5) is 15.5. The number of benzene rings is 2. The molecule has 0 saturated carbocycles. The molecule has 0 saturated heterocycles. The molecular formula is C27H28N2O3. The van der Waals surface area contributed by atoms with Crippen LogP contribution in [0.2, 0.25) is 0 Å². The summed E-state index contributed by atoms with van der Waals surface area (Å²) in [5.74, 6) is 0.819. The Kier molecular flexibility index (Phi) is 6.85. The van der Waals surface area contributed by atoms with Crippen molar-refractivity contribution in [1.82, 2.24) is 9.55 Å². The molecule has 2 aromatic carbocycles. The number of carboxylic acids is 1. The van der Waals surface area contributed by atoms with Gasteiger partial charge in [0.1, 0.15) is 5.76 Å². The van der Waals surface area contributed by atoms with Crippen molar-refractivity contribution in [2.45, 2.75) is 45.6 Å². The third kappa shape index (κ3) is 5.55. The lowest BCUT2D eigenvalue weighted by Crippen LogP contribution is -2.06. The Balaban J connectivity index is 1.30. The Morgan fingerprint density at radius 1 is 0.938 bits per heavy atom. The molecule has 0 radical (unpaired) electrons. The molecule has 2 heterocycles. The average molecular weight is 429 g/mol. The van der Waals surface area contributed by atoms with Crippen molar-refractivity contribution in [3.63, 3.8) is 0 Å². The van der Waals surface area contributed by atoms with Crippen LogP contribution in [0.3, 0.4) is 0 Å². The van der Waals surface area contributed by atoms with E-state index >= 15 is 0 Å². The van der Waals surface area contributed by atoms with Gasteiger partial charge in [0, 0.05) is 24.0 Å². The standard InChI is InChI=1S/C27H28N2O3/c1-20-25(28-27(32-20)23-8-3-2-4-9-23)11-5-7-21-12-14-22(15-13-21)19-29-18-6-10-24(29)16-17-26(30)31/h2-4,6,8-10,12-15,18H,5,7,11,16-17,19H2,1H3,(H,30,31). The van der Waals surface area contributed by atoms with E-state index in [1.54, 1.807) is 0 Å². The highest BCUT2D eigenvalue weighted by Gasteiger charge is 2.11. The molecule has 0 atom stereocenters. The number of hydrogen-bond acceptors (Lipinski definition) is 3. The molecule has 0 fully saturated rings. The second kappa shape index (κ2) is 10.1. The first-order chi connectivity index (χ1) is 15.6. The topological polar surface area (TPSA) is 68.3 Å². The Hall–Kier alpha value is -3.60. The molecule has 0 spiro atoms. The van der Waals surface area contributed by atoms with Crippen molar-refractivity contribution in [2.24, 2.45) is 0 Å². The van der Waals surface area contributed by atoms with Crippen LogP contribution in [0.25, 0.3) is 11.5 Å². The van der Waals surface area contributed by atoms with Crippen LogP contribution < -0.4 is 0 Å². The SMILES string of the molecule is Cc1oc(-c2ccccc2)nc1CCCc1ccc(Cn2cccc2CCC(=O)O)cc1. The number of aromatic nitrogens is 2. The molecule has 0 aliphatic carbocycles. The molecule has 0 bridgehead atoms. The Bertz CT molecular complexity index is 1160.